The highest BCUT2D eigenvalue weighted by molar-refractivity contribution is 5.26. The van der Waals surface area contributed by atoms with Crippen molar-refractivity contribution in [3.63, 3.8) is 0 Å². The Kier molecular flexibility index (Phi) is 4.16. The van der Waals surface area contributed by atoms with Gasteiger partial charge in [-0.2, -0.15) is 13.2 Å². The zero-order valence-corrected chi connectivity index (χ0v) is 10.7. The summed E-state index contributed by atoms with van der Waals surface area (Å²) in [6.45, 7) is 2.48. The van der Waals surface area contributed by atoms with Crippen LogP contribution in [0.5, 0.6) is 0 Å². The molecule has 0 amide bonds. The molecule has 1 aliphatic heterocycles. The number of hydrogen-bond acceptors (Lipinski definition) is 2. The van der Waals surface area contributed by atoms with Gasteiger partial charge in [-0.05, 0) is 31.4 Å². The summed E-state index contributed by atoms with van der Waals surface area (Å²) < 4.78 is 43.1. The molecule has 1 saturated heterocycles. The zero-order chi connectivity index (χ0) is 14.0. The van der Waals surface area contributed by atoms with Crippen molar-refractivity contribution in [2.75, 3.05) is 6.61 Å². The number of halogens is 3. The zero-order valence-electron chi connectivity index (χ0n) is 10.7. The molecule has 1 aromatic carbocycles. The van der Waals surface area contributed by atoms with Crippen molar-refractivity contribution < 1.29 is 23.0 Å². The first-order valence-electron chi connectivity index (χ1n) is 6.33. The molecule has 0 bridgehead atoms. The van der Waals surface area contributed by atoms with Crippen LogP contribution in [0.2, 0.25) is 0 Å². The molecule has 1 N–H and O–H groups in total. The smallest absolute Gasteiger partial charge is 0.392 e. The fourth-order valence-corrected chi connectivity index (χ4v) is 2.52. The highest BCUT2D eigenvalue weighted by atomic mass is 19.4. The Morgan fingerprint density at radius 3 is 2.74 bits per heavy atom. The van der Waals surface area contributed by atoms with Gasteiger partial charge in [0.1, 0.15) is 0 Å². The molecule has 0 aromatic heterocycles. The van der Waals surface area contributed by atoms with E-state index in [1.54, 1.807) is 6.07 Å². The van der Waals surface area contributed by atoms with Gasteiger partial charge in [-0.25, -0.2) is 0 Å². The molecule has 19 heavy (non-hydrogen) atoms. The Bertz CT molecular complexity index is 431. The first-order valence-corrected chi connectivity index (χ1v) is 6.33. The van der Waals surface area contributed by atoms with E-state index in [1.807, 2.05) is 6.92 Å². The molecule has 2 rings (SSSR count). The van der Waals surface area contributed by atoms with Crippen LogP contribution in [0.1, 0.15) is 24.5 Å². The van der Waals surface area contributed by atoms with Gasteiger partial charge in [-0.3, -0.25) is 0 Å². The molecule has 2 nitrogen and oxygen atoms in total. The van der Waals surface area contributed by atoms with E-state index in [4.69, 9.17) is 4.74 Å². The van der Waals surface area contributed by atoms with Gasteiger partial charge < -0.3 is 9.84 Å². The summed E-state index contributed by atoms with van der Waals surface area (Å²) >= 11 is 0. The van der Waals surface area contributed by atoms with E-state index in [0.717, 1.165) is 18.6 Å². The molecule has 0 radical (unpaired) electrons. The highest BCUT2D eigenvalue weighted by Gasteiger charge is 2.32. The van der Waals surface area contributed by atoms with Crippen LogP contribution >= 0.6 is 0 Å². The Hall–Kier alpha value is -1.07. The van der Waals surface area contributed by atoms with Crippen molar-refractivity contribution in [2.24, 2.45) is 5.92 Å². The normalized spacial score (nSPS) is 25.5. The third-order valence-electron chi connectivity index (χ3n) is 3.63. The van der Waals surface area contributed by atoms with Crippen molar-refractivity contribution in [1.82, 2.24) is 0 Å². The lowest BCUT2D eigenvalue weighted by Gasteiger charge is -2.21. The molecule has 1 fully saturated rings. The molecular weight excluding hydrogens is 257 g/mol. The molecule has 0 saturated carbocycles. The number of aliphatic hydroxyl groups excluding tert-OH is 1. The Morgan fingerprint density at radius 1 is 1.42 bits per heavy atom. The molecule has 0 spiro atoms. The van der Waals surface area contributed by atoms with E-state index >= 15 is 0 Å². The molecule has 1 aliphatic rings. The van der Waals surface area contributed by atoms with Crippen molar-refractivity contribution in [2.45, 2.75) is 38.1 Å². The van der Waals surface area contributed by atoms with Crippen LogP contribution in [-0.2, 0) is 17.3 Å². The fourth-order valence-electron chi connectivity index (χ4n) is 2.52. The summed E-state index contributed by atoms with van der Waals surface area (Å²) in [5.74, 6) is -0.00505. The van der Waals surface area contributed by atoms with E-state index in [1.165, 1.54) is 6.07 Å². The van der Waals surface area contributed by atoms with Crippen molar-refractivity contribution >= 4 is 0 Å². The van der Waals surface area contributed by atoms with Gasteiger partial charge in [0.25, 0.3) is 0 Å². The second kappa shape index (κ2) is 5.51. The van der Waals surface area contributed by atoms with Crippen LogP contribution < -0.4 is 0 Å². The van der Waals surface area contributed by atoms with E-state index in [0.29, 0.717) is 12.2 Å². The van der Waals surface area contributed by atoms with E-state index in [9.17, 15) is 18.3 Å². The summed E-state index contributed by atoms with van der Waals surface area (Å²) in [6.07, 6.45) is -4.07. The Balaban J connectivity index is 2.06. The predicted octanol–water partition coefficient (Wildman–Crippen LogP) is 3.03. The van der Waals surface area contributed by atoms with Crippen molar-refractivity contribution in [3.8, 4) is 0 Å². The van der Waals surface area contributed by atoms with Crippen LogP contribution in [0.15, 0.2) is 24.3 Å². The number of alkyl halides is 3. The lowest BCUT2D eigenvalue weighted by molar-refractivity contribution is -0.137. The van der Waals surface area contributed by atoms with Gasteiger partial charge in [0.05, 0.1) is 17.8 Å². The summed E-state index contributed by atoms with van der Waals surface area (Å²) in [7, 11) is 0. The van der Waals surface area contributed by atoms with Gasteiger partial charge in [-0.1, -0.05) is 18.2 Å². The average Bonchev–Trinajstić information content (AvgIpc) is 2.75. The second-order valence-corrected chi connectivity index (χ2v) is 5.00. The third-order valence-corrected chi connectivity index (χ3v) is 3.63. The predicted molar refractivity (Wildman–Crippen MR) is 64.7 cm³/mol. The standard InChI is InChI=1S/C14H17F3O2/c1-9-12(5-6-19-9)13(18)8-10-3-2-4-11(7-10)14(15,16)17/h2-4,7,9,12-13,18H,5-6,8H2,1H3. The van der Waals surface area contributed by atoms with E-state index in [-0.39, 0.29) is 18.4 Å². The van der Waals surface area contributed by atoms with Crippen LogP contribution in [0.4, 0.5) is 13.2 Å². The topological polar surface area (TPSA) is 29.5 Å². The quantitative estimate of drug-likeness (QED) is 0.918. The number of aliphatic hydroxyl groups is 1. The maximum absolute atomic E-state index is 12.6. The summed E-state index contributed by atoms with van der Waals surface area (Å²) in [4.78, 5) is 0. The minimum atomic E-state index is -4.34. The monoisotopic (exact) mass is 274 g/mol. The first kappa shape index (κ1) is 14.3. The molecule has 1 aromatic rings. The molecule has 106 valence electrons. The summed E-state index contributed by atoms with van der Waals surface area (Å²) in [5, 5.41) is 10.1. The van der Waals surface area contributed by atoms with E-state index in [2.05, 4.69) is 0 Å². The SMILES string of the molecule is CC1OCCC1C(O)Cc1cccc(C(F)(F)F)c1. The third kappa shape index (κ3) is 3.48. The molecule has 1 heterocycles. The minimum absolute atomic E-state index is 0.00505. The maximum Gasteiger partial charge on any atom is 0.416 e. The van der Waals surface area contributed by atoms with Crippen LogP contribution in [0, 0.1) is 5.92 Å². The van der Waals surface area contributed by atoms with Gasteiger partial charge in [0.15, 0.2) is 0 Å². The van der Waals surface area contributed by atoms with Gasteiger partial charge in [0, 0.05) is 12.5 Å². The van der Waals surface area contributed by atoms with Crippen molar-refractivity contribution in [3.05, 3.63) is 35.4 Å². The average molecular weight is 274 g/mol. The fraction of sp³-hybridized carbons (Fsp3) is 0.571. The van der Waals surface area contributed by atoms with Crippen LogP contribution in [-0.4, -0.2) is 23.9 Å². The van der Waals surface area contributed by atoms with E-state index < -0.39 is 17.8 Å². The molecule has 3 atom stereocenters. The Morgan fingerprint density at radius 2 is 2.16 bits per heavy atom. The molecule has 5 heteroatoms. The highest BCUT2D eigenvalue weighted by Crippen LogP contribution is 2.31. The van der Waals surface area contributed by atoms with Gasteiger partial charge >= 0.3 is 6.18 Å². The lowest BCUT2D eigenvalue weighted by atomic mass is 9.91. The van der Waals surface area contributed by atoms with Gasteiger partial charge in [0.2, 0.25) is 0 Å². The number of ether oxygens (including phenoxy) is 1. The Labute approximate surface area is 110 Å². The van der Waals surface area contributed by atoms with Crippen LogP contribution in [0.3, 0.4) is 0 Å². The number of rotatable bonds is 3. The van der Waals surface area contributed by atoms with Crippen LogP contribution in [0.25, 0.3) is 0 Å². The largest absolute Gasteiger partial charge is 0.416 e. The second-order valence-electron chi connectivity index (χ2n) is 5.00. The molecular formula is C14H17F3O2. The summed E-state index contributed by atoms with van der Waals surface area (Å²) in [6, 6.07) is 5.12. The lowest BCUT2D eigenvalue weighted by Crippen LogP contribution is -2.28. The number of hydrogen-bond donors (Lipinski definition) is 1. The minimum Gasteiger partial charge on any atom is -0.392 e. The molecule has 3 unspecified atom stereocenters. The van der Waals surface area contributed by atoms with Crippen molar-refractivity contribution in [1.29, 1.82) is 0 Å². The van der Waals surface area contributed by atoms with Gasteiger partial charge in [-0.15, -0.1) is 0 Å². The number of benzene rings is 1. The summed E-state index contributed by atoms with van der Waals surface area (Å²) in [5.41, 5.74) is -0.172. The molecule has 0 aliphatic carbocycles. The first-order chi connectivity index (χ1) is 8.88. The maximum atomic E-state index is 12.6.